The lowest BCUT2D eigenvalue weighted by Gasteiger charge is -2.03. The molecule has 1 unspecified atom stereocenters. The maximum Gasteiger partial charge on any atom is 0.157 e. The van der Waals surface area contributed by atoms with Crippen LogP contribution in [0, 0.1) is 0 Å². The number of phenols is 1. The van der Waals surface area contributed by atoms with Gasteiger partial charge in [0, 0.05) is 13.3 Å². The molecular formula is C10H13N2OP. The highest BCUT2D eigenvalue weighted by Gasteiger charge is 2.06. The lowest BCUT2D eigenvalue weighted by molar-refractivity contribution is 0.474. The Kier molecular flexibility index (Phi) is 3.78. The number of rotatable bonds is 1. The number of aliphatic imine (C=N–C) groups is 2. The van der Waals surface area contributed by atoms with E-state index in [1.165, 1.54) is 0 Å². The van der Waals surface area contributed by atoms with Gasteiger partial charge in [0.1, 0.15) is 5.75 Å². The van der Waals surface area contributed by atoms with Crippen molar-refractivity contribution < 1.29 is 5.11 Å². The van der Waals surface area contributed by atoms with Crippen LogP contribution in [0.4, 0.5) is 0 Å². The van der Waals surface area contributed by atoms with Gasteiger partial charge in [-0.1, -0.05) is 6.07 Å². The monoisotopic (exact) mass is 208 g/mol. The van der Waals surface area contributed by atoms with Crippen LogP contribution < -0.4 is 5.30 Å². The Morgan fingerprint density at radius 2 is 2.21 bits per heavy atom. The van der Waals surface area contributed by atoms with Crippen LogP contribution in [-0.2, 0) is 0 Å². The van der Waals surface area contributed by atoms with Gasteiger partial charge in [0.05, 0.1) is 5.56 Å². The minimum atomic E-state index is 0.198. The SMILES string of the molecule is C/C=N\C(=N/C)c1ccc(P)cc1O. The zero-order valence-electron chi connectivity index (χ0n) is 8.23. The molecule has 14 heavy (non-hydrogen) atoms. The summed E-state index contributed by atoms with van der Waals surface area (Å²) in [4.78, 5) is 8.05. The van der Waals surface area contributed by atoms with Gasteiger partial charge in [0.15, 0.2) is 5.84 Å². The minimum Gasteiger partial charge on any atom is -0.507 e. The molecule has 1 aromatic carbocycles. The molecule has 0 aliphatic heterocycles. The molecular weight excluding hydrogens is 195 g/mol. The lowest BCUT2D eigenvalue weighted by Crippen LogP contribution is -2.00. The molecule has 74 valence electrons. The molecule has 0 fully saturated rings. The Labute approximate surface area is 85.8 Å². The summed E-state index contributed by atoms with van der Waals surface area (Å²) in [6.07, 6.45) is 1.65. The number of amidine groups is 1. The standard InChI is InChI=1S/C10H13N2OP/c1-3-12-10(11-2)8-5-4-7(14)6-9(8)13/h3-6,13H,14H2,1-2H3/b11-10-,12-3-. The van der Waals surface area contributed by atoms with Gasteiger partial charge in [-0.2, -0.15) is 0 Å². The maximum atomic E-state index is 9.65. The van der Waals surface area contributed by atoms with Crippen LogP contribution in [0.15, 0.2) is 28.2 Å². The van der Waals surface area contributed by atoms with E-state index in [9.17, 15) is 5.11 Å². The number of hydrogen-bond acceptors (Lipinski definition) is 2. The first-order valence-electron chi connectivity index (χ1n) is 4.23. The molecule has 0 amide bonds. The van der Waals surface area contributed by atoms with Gasteiger partial charge in [0.25, 0.3) is 0 Å². The molecule has 4 heteroatoms. The quantitative estimate of drug-likeness (QED) is 0.422. The number of nitrogens with zero attached hydrogens (tertiary/aromatic N) is 2. The Morgan fingerprint density at radius 3 is 2.71 bits per heavy atom. The maximum absolute atomic E-state index is 9.65. The van der Waals surface area contributed by atoms with Gasteiger partial charge in [0.2, 0.25) is 0 Å². The molecule has 1 N–H and O–H groups in total. The van der Waals surface area contributed by atoms with E-state index in [1.807, 2.05) is 13.0 Å². The molecule has 0 bridgehead atoms. The Morgan fingerprint density at radius 1 is 1.50 bits per heavy atom. The summed E-state index contributed by atoms with van der Waals surface area (Å²) in [7, 11) is 4.17. The number of hydrogen-bond donors (Lipinski definition) is 1. The second kappa shape index (κ2) is 4.87. The van der Waals surface area contributed by atoms with Crippen molar-refractivity contribution in [2.45, 2.75) is 6.92 Å². The first-order valence-corrected chi connectivity index (χ1v) is 4.81. The summed E-state index contributed by atoms with van der Waals surface area (Å²) in [6.45, 7) is 1.81. The van der Waals surface area contributed by atoms with Crippen molar-refractivity contribution in [3.05, 3.63) is 23.8 Å². The van der Waals surface area contributed by atoms with Crippen LogP contribution >= 0.6 is 9.24 Å². The second-order valence-corrected chi connectivity index (χ2v) is 3.38. The van der Waals surface area contributed by atoms with Crippen molar-refractivity contribution in [3.63, 3.8) is 0 Å². The lowest BCUT2D eigenvalue weighted by atomic mass is 10.2. The number of phenolic OH excluding ortho intramolecular Hbond substituents is 1. The minimum absolute atomic E-state index is 0.198. The normalized spacial score (nSPS) is 12.4. The number of benzene rings is 1. The van der Waals surface area contributed by atoms with E-state index in [1.54, 1.807) is 25.4 Å². The van der Waals surface area contributed by atoms with Gasteiger partial charge in [-0.25, -0.2) is 4.99 Å². The second-order valence-electron chi connectivity index (χ2n) is 2.71. The largest absolute Gasteiger partial charge is 0.507 e. The molecule has 0 radical (unpaired) electrons. The molecule has 0 aliphatic rings. The zero-order valence-corrected chi connectivity index (χ0v) is 9.38. The van der Waals surface area contributed by atoms with Crippen LogP contribution in [-0.4, -0.2) is 24.2 Å². The van der Waals surface area contributed by atoms with Crippen molar-refractivity contribution in [1.82, 2.24) is 0 Å². The Balaban J connectivity index is 3.18. The van der Waals surface area contributed by atoms with Crippen molar-refractivity contribution in [2.75, 3.05) is 7.05 Å². The summed E-state index contributed by atoms with van der Waals surface area (Å²) in [5.74, 6) is 0.735. The van der Waals surface area contributed by atoms with Gasteiger partial charge in [-0.15, -0.1) is 9.24 Å². The zero-order chi connectivity index (χ0) is 10.6. The summed E-state index contributed by atoms with van der Waals surface area (Å²) in [5, 5.41) is 10.6. The van der Waals surface area contributed by atoms with Crippen molar-refractivity contribution >= 4 is 26.6 Å². The van der Waals surface area contributed by atoms with E-state index in [0.29, 0.717) is 11.4 Å². The molecule has 0 saturated carbocycles. The Hall–Kier alpha value is -1.21. The molecule has 0 heterocycles. The third-order valence-corrected chi connectivity index (χ3v) is 2.08. The van der Waals surface area contributed by atoms with Crippen molar-refractivity contribution in [3.8, 4) is 5.75 Å². The molecule has 1 atom stereocenters. The van der Waals surface area contributed by atoms with Crippen LogP contribution in [0.5, 0.6) is 5.75 Å². The van der Waals surface area contributed by atoms with E-state index in [2.05, 4.69) is 19.2 Å². The van der Waals surface area contributed by atoms with Gasteiger partial charge < -0.3 is 5.11 Å². The third-order valence-electron chi connectivity index (χ3n) is 1.73. The predicted octanol–water partition coefficient (Wildman–Crippen LogP) is 1.36. The van der Waals surface area contributed by atoms with Gasteiger partial charge in [-0.3, -0.25) is 4.99 Å². The van der Waals surface area contributed by atoms with Crippen LogP contribution in [0.25, 0.3) is 0 Å². The molecule has 0 aromatic heterocycles. The fourth-order valence-corrected chi connectivity index (χ4v) is 1.36. The first kappa shape index (κ1) is 10.9. The van der Waals surface area contributed by atoms with Crippen LogP contribution in [0.2, 0.25) is 0 Å². The van der Waals surface area contributed by atoms with E-state index in [4.69, 9.17) is 0 Å². The fraction of sp³-hybridized carbons (Fsp3) is 0.200. The molecule has 0 spiro atoms. The van der Waals surface area contributed by atoms with Crippen molar-refractivity contribution in [2.24, 2.45) is 9.98 Å². The average Bonchev–Trinajstić information content (AvgIpc) is 2.15. The van der Waals surface area contributed by atoms with E-state index < -0.39 is 0 Å². The molecule has 1 aromatic rings. The molecule has 0 aliphatic carbocycles. The van der Waals surface area contributed by atoms with Gasteiger partial charge in [-0.05, 0) is 24.4 Å². The topological polar surface area (TPSA) is 45.0 Å². The average molecular weight is 208 g/mol. The smallest absolute Gasteiger partial charge is 0.157 e. The highest BCUT2D eigenvalue weighted by atomic mass is 31.0. The summed E-state index contributed by atoms with van der Waals surface area (Å²) in [6, 6.07) is 5.35. The highest BCUT2D eigenvalue weighted by Crippen LogP contribution is 2.17. The van der Waals surface area contributed by atoms with E-state index in [-0.39, 0.29) is 5.75 Å². The molecule has 1 rings (SSSR count). The first-order chi connectivity index (χ1) is 6.69. The summed E-state index contributed by atoms with van der Waals surface area (Å²) in [5.41, 5.74) is 0.650. The number of aromatic hydroxyl groups is 1. The van der Waals surface area contributed by atoms with E-state index in [0.717, 1.165) is 5.30 Å². The Bertz CT molecular complexity index is 386. The summed E-state index contributed by atoms with van der Waals surface area (Å²) < 4.78 is 0. The summed E-state index contributed by atoms with van der Waals surface area (Å²) >= 11 is 0. The molecule has 0 saturated heterocycles. The highest BCUT2D eigenvalue weighted by molar-refractivity contribution is 7.27. The molecule has 3 nitrogen and oxygen atoms in total. The fourth-order valence-electron chi connectivity index (χ4n) is 1.11. The van der Waals surface area contributed by atoms with Crippen LogP contribution in [0.1, 0.15) is 12.5 Å². The van der Waals surface area contributed by atoms with Crippen LogP contribution in [0.3, 0.4) is 0 Å². The van der Waals surface area contributed by atoms with Crippen molar-refractivity contribution in [1.29, 1.82) is 0 Å². The predicted molar refractivity (Wildman–Crippen MR) is 64.1 cm³/mol. The third kappa shape index (κ3) is 2.39. The van der Waals surface area contributed by atoms with E-state index >= 15 is 0 Å². The van der Waals surface area contributed by atoms with Gasteiger partial charge >= 0.3 is 0 Å².